The minimum atomic E-state index is 0.0498. The van der Waals surface area contributed by atoms with Gasteiger partial charge >= 0.3 is 0 Å². The maximum atomic E-state index is 12.6. The molecule has 132 valence electrons. The van der Waals surface area contributed by atoms with Crippen molar-refractivity contribution in [3.05, 3.63) is 0 Å². The molecule has 0 N–H and O–H groups in total. The van der Waals surface area contributed by atoms with Crippen LogP contribution >= 0.6 is 0 Å². The van der Waals surface area contributed by atoms with Gasteiger partial charge in [-0.2, -0.15) is 0 Å². The molecule has 1 aliphatic heterocycles. The topological polar surface area (TPSA) is 29.6 Å². The van der Waals surface area contributed by atoms with E-state index in [1.807, 2.05) is 0 Å². The van der Waals surface area contributed by atoms with Crippen molar-refractivity contribution >= 4 is 5.78 Å². The fraction of sp³-hybridized carbons (Fsp3) is 0.955. The molecule has 1 heterocycles. The zero-order valence-corrected chi connectivity index (χ0v) is 15.2. The van der Waals surface area contributed by atoms with E-state index < -0.39 is 0 Å². The molecule has 2 heteroatoms. The van der Waals surface area contributed by atoms with Gasteiger partial charge in [0.25, 0.3) is 0 Å². The Kier molecular flexibility index (Phi) is 2.75. The van der Waals surface area contributed by atoms with Crippen molar-refractivity contribution in [2.75, 3.05) is 6.61 Å². The molecule has 5 aliphatic carbocycles. The molecule has 0 bridgehead atoms. The normalized spacial score (nSPS) is 59.0. The van der Waals surface area contributed by atoms with Crippen LogP contribution in [0.2, 0.25) is 0 Å². The quantitative estimate of drug-likeness (QED) is 0.650. The van der Waals surface area contributed by atoms with Crippen molar-refractivity contribution in [2.45, 2.75) is 83.2 Å². The van der Waals surface area contributed by atoms with Crippen LogP contribution in [0.25, 0.3) is 0 Å². The molecule has 7 atom stereocenters. The maximum Gasteiger partial charge on any atom is 0.139 e. The van der Waals surface area contributed by atoms with Crippen LogP contribution in [0.15, 0.2) is 0 Å². The molecule has 2 nitrogen and oxygen atoms in total. The third-order valence-electron chi connectivity index (χ3n) is 9.97. The Labute approximate surface area is 146 Å². The summed E-state index contributed by atoms with van der Waals surface area (Å²) >= 11 is 0. The summed E-state index contributed by atoms with van der Waals surface area (Å²) in [6, 6.07) is 0. The van der Waals surface area contributed by atoms with Gasteiger partial charge in [-0.05, 0) is 99.2 Å². The molecule has 0 aromatic rings. The lowest BCUT2D eigenvalue weighted by molar-refractivity contribution is -0.148. The van der Waals surface area contributed by atoms with Gasteiger partial charge in [-0.15, -0.1) is 0 Å². The van der Waals surface area contributed by atoms with Gasteiger partial charge in [-0.1, -0.05) is 6.92 Å². The monoisotopic (exact) mass is 328 g/mol. The van der Waals surface area contributed by atoms with E-state index >= 15 is 0 Å². The zero-order chi connectivity index (χ0) is 16.2. The van der Waals surface area contributed by atoms with Gasteiger partial charge < -0.3 is 4.74 Å². The predicted molar refractivity (Wildman–Crippen MR) is 92.5 cm³/mol. The molecule has 6 fully saturated rings. The lowest BCUT2D eigenvalue weighted by Crippen LogP contribution is -2.56. The molecule has 0 aromatic heterocycles. The van der Waals surface area contributed by atoms with E-state index in [9.17, 15) is 4.79 Å². The van der Waals surface area contributed by atoms with Crippen molar-refractivity contribution in [1.29, 1.82) is 0 Å². The van der Waals surface area contributed by atoms with E-state index in [-0.39, 0.29) is 5.41 Å². The molecule has 6 aliphatic rings. The number of fused-ring (bicyclic) bond motifs is 5. The summed E-state index contributed by atoms with van der Waals surface area (Å²) in [6.45, 7) is 3.38. The summed E-state index contributed by atoms with van der Waals surface area (Å²) in [6.07, 6.45) is 14.6. The third kappa shape index (κ3) is 1.70. The van der Waals surface area contributed by atoms with Crippen LogP contribution < -0.4 is 0 Å². The highest BCUT2D eigenvalue weighted by molar-refractivity contribution is 5.87. The standard InChI is InChI=1S/C22H32O2/c1-20-9-8-18-16(17(20)6-7-19(20)23)5-4-15-12-21(13-24-21)10-11-22(15,18)14-2-3-14/h14-18H,2-13H2,1H3/t15-,16+,17+,18+,20+,21?,22-/m1/s1. The maximum absolute atomic E-state index is 12.6. The molecule has 1 spiro atoms. The van der Waals surface area contributed by atoms with Gasteiger partial charge in [-0.25, -0.2) is 0 Å². The summed E-state index contributed by atoms with van der Waals surface area (Å²) in [5.74, 6) is 5.07. The molecule has 0 amide bonds. The van der Waals surface area contributed by atoms with Crippen LogP contribution in [0.3, 0.4) is 0 Å². The van der Waals surface area contributed by atoms with Crippen LogP contribution in [0, 0.1) is 40.4 Å². The first-order valence-corrected chi connectivity index (χ1v) is 10.7. The highest BCUT2D eigenvalue weighted by Crippen LogP contribution is 2.72. The fourth-order valence-electron chi connectivity index (χ4n) is 8.60. The highest BCUT2D eigenvalue weighted by atomic mass is 16.6. The van der Waals surface area contributed by atoms with E-state index in [1.54, 1.807) is 0 Å². The van der Waals surface area contributed by atoms with Crippen molar-refractivity contribution in [3.63, 3.8) is 0 Å². The number of hydrogen-bond donors (Lipinski definition) is 0. The van der Waals surface area contributed by atoms with E-state index in [0.29, 0.717) is 22.7 Å². The number of carbonyl (C=O) groups excluding carboxylic acids is 1. The van der Waals surface area contributed by atoms with Crippen LogP contribution in [-0.2, 0) is 9.53 Å². The number of rotatable bonds is 1. The average molecular weight is 328 g/mol. The minimum absolute atomic E-state index is 0.0498. The number of Topliss-reactive ketones (excluding diaryl/α,β-unsaturated/α-hetero) is 1. The zero-order valence-electron chi connectivity index (χ0n) is 15.2. The average Bonchev–Trinajstić information content (AvgIpc) is 3.50. The Bertz CT molecular complexity index is 589. The molecule has 1 unspecified atom stereocenters. The smallest absolute Gasteiger partial charge is 0.139 e. The minimum Gasteiger partial charge on any atom is -0.370 e. The molecule has 1 saturated heterocycles. The first-order valence-electron chi connectivity index (χ1n) is 10.7. The Morgan fingerprint density at radius 3 is 2.46 bits per heavy atom. The number of hydrogen-bond acceptors (Lipinski definition) is 2. The van der Waals surface area contributed by atoms with Gasteiger partial charge in [-0.3, -0.25) is 4.79 Å². The molecular weight excluding hydrogens is 296 g/mol. The molecular formula is C22H32O2. The van der Waals surface area contributed by atoms with Crippen LogP contribution in [0.5, 0.6) is 0 Å². The molecule has 5 saturated carbocycles. The van der Waals surface area contributed by atoms with Crippen LogP contribution in [-0.4, -0.2) is 18.0 Å². The highest BCUT2D eigenvalue weighted by Gasteiger charge is 2.67. The first-order chi connectivity index (χ1) is 11.6. The summed E-state index contributed by atoms with van der Waals surface area (Å²) in [4.78, 5) is 12.6. The van der Waals surface area contributed by atoms with Crippen LogP contribution in [0.4, 0.5) is 0 Å². The third-order valence-corrected chi connectivity index (χ3v) is 9.97. The molecule has 0 aromatic carbocycles. The predicted octanol–water partition coefficient (Wildman–Crippen LogP) is 4.76. The summed E-state index contributed by atoms with van der Waals surface area (Å²) in [5.41, 5.74) is 1.02. The number of epoxide rings is 1. The Balaban J connectivity index is 1.37. The van der Waals surface area contributed by atoms with Gasteiger partial charge in [0, 0.05) is 11.8 Å². The molecule has 0 radical (unpaired) electrons. The first kappa shape index (κ1) is 14.8. The van der Waals surface area contributed by atoms with Gasteiger partial charge in [0.05, 0.1) is 12.2 Å². The largest absolute Gasteiger partial charge is 0.370 e. The van der Waals surface area contributed by atoms with E-state index in [0.717, 1.165) is 36.7 Å². The summed E-state index contributed by atoms with van der Waals surface area (Å²) in [7, 11) is 0. The molecule has 6 rings (SSSR count). The Morgan fingerprint density at radius 1 is 0.917 bits per heavy atom. The summed E-state index contributed by atoms with van der Waals surface area (Å²) < 4.78 is 5.92. The second-order valence-corrected chi connectivity index (χ2v) is 10.6. The lowest BCUT2D eigenvalue weighted by Gasteiger charge is -2.62. The van der Waals surface area contributed by atoms with E-state index in [1.165, 1.54) is 64.2 Å². The van der Waals surface area contributed by atoms with Crippen LogP contribution in [0.1, 0.15) is 77.6 Å². The number of ether oxygens (including phenoxy) is 1. The number of carbonyl (C=O) groups is 1. The Morgan fingerprint density at radius 2 is 1.71 bits per heavy atom. The van der Waals surface area contributed by atoms with E-state index in [2.05, 4.69) is 6.92 Å². The summed E-state index contributed by atoms with van der Waals surface area (Å²) in [5, 5.41) is 0. The number of ketones is 1. The Hall–Kier alpha value is -0.370. The van der Waals surface area contributed by atoms with Gasteiger partial charge in [0.1, 0.15) is 5.78 Å². The van der Waals surface area contributed by atoms with Crippen molar-refractivity contribution < 1.29 is 9.53 Å². The fourth-order valence-corrected chi connectivity index (χ4v) is 8.60. The second kappa shape index (κ2) is 4.48. The van der Waals surface area contributed by atoms with E-state index in [4.69, 9.17) is 4.74 Å². The van der Waals surface area contributed by atoms with Crippen molar-refractivity contribution in [3.8, 4) is 0 Å². The second-order valence-electron chi connectivity index (χ2n) is 10.6. The van der Waals surface area contributed by atoms with Crippen molar-refractivity contribution in [1.82, 2.24) is 0 Å². The van der Waals surface area contributed by atoms with Gasteiger partial charge in [0.2, 0.25) is 0 Å². The molecule has 24 heavy (non-hydrogen) atoms. The lowest BCUT2D eigenvalue weighted by atomic mass is 9.42. The van der Waals surface area contributed by atoms with Crippen molar-refractivity contribution in [2.24, 2.45) is 40.4 Å². The van der Waals surface area contributed by atoms with Gasteiger partial charge in [0.15, 0.2) is 0 Å². The SMILES string of the molecule is C[C@]12CC[C@H]3[C@@H](CC[C@@H]4CC5(CC[C@@]43C3CC3)CO5)[C@@H]1CCC2=O.